The van der Waals surface area contributed by atoms with Crippen molar-refractivity contribution >= 4 is 46.7 Å². The highest BCUT2D eigenvalue weighted by molar-refractivity contribution is 7.14. The smallest absolute Gasteiger partial charge is 0.324 e. The number of ether oxygens (including phenoxy) is 1. The Morgan fingerprint density at radius 3 is 2.62 bits per heavy atom. The van der Waals surface area contributed by atoms with E-state index in [-0.39, 0.29) is 37.2 Å². The third-order valence-electron chi connectivity index (χ3n) is 5.32. The Morgan fingerprint density at radius 2 is 1.97 bits per heavy atom. The van der Waals surface area contributed by atoms with Gasteiger partial charge in [-0.15, -0.1) is 11.3 Å². The molecule has 1 aromatic rings. The van der Waals surface area contributed by atoms with Crippen molar-refractivity contribution in [3.63, 3.8) is 0 Å². The largest absolute Gasteiger partial charge is 0.368 e. The highest BCUT2D eigenvalue weighted by atomic mass is 35.5. The van der Waals surface area contributed by atoms with Gasteiger partial charge in [-0.2, -0.15) is 0 Å². The quantitative estimate of drug-likeness (QED) is 0.746. The summed E-state index contributed by atoms with van der Waals surface area (Å²) < 4.78 is 5.90. The van der Waals surface area contributed by atoms with Crippen LogP contribution in [0.4, 0.5) is 4.79 Å². The van der Waals surface area contributed by atoms with E-state index in [2.05, 4.69) is 5.32 Å². The fourth-order valence-electron chi connectivity index (χ4n) is 3.83. The number of carbonyl (C=O) groups excluding carboxylic acids is 4. The van der Waals surface area contributed by atoms with Crippen molar-refractivity contribution in [2.24, 2.45) is 0 Å². The summed E-state index contributed by atoms with van der Waals surface area (Å²) in [5, 5.41) is 2.67. The summed E-state index contributed by atoms with van der Waals surface area (Å²) in [6.45, 7) is 3.99. The highest BCUT2D eigenvalue weighted by Gasteiger charge is 2.50. The number of morpholine rings is 1. The van der Waals surface area contributed by atoms with Crippen molar-refractivity contribution in [2.45, 2.75) is 18.9 Å². The van der Waals surface area contributed by atoms with Crippen molar-refractivity contribution in [2.75, 3.05) is 45.9 Å². The standard InChI is InChI=1S/C18H21ClN4O5S/c1-11-6-12(19)15(29-11)16(26)23-9-18(10-23)8-22(4-5-28-18)14(25)7-21-3-2-13(24)20-17(21)27/h6H,2-5,7-10H2,1H3,(H,20,24,27). The van der Waals surface area contributed by atoms with E-state index in [1.165, 1.54) is 16.2 Å². The molecule has 156 valence electrons. The molecule has 0 unspecified atom stereocenters. The maximum atomic E-state index is 12.7. The lowest BCUT2D eigenvalue weighted by molar-refractivity contribution is -0.180. The number of likely N-dealkylation sites (tertiary alicyclic amines) is 1. The maximum Gasteiger partial charge on any atom is 0.324 e. The number of nitrogens with zero attached hydrogens (tertiary/aromatic N) is 3. The van der Waals surface area contributed by atoms with Crippen LogP contribution in [-0.2, 0) is 14.3 Å². The summed E-state index contributed by atoms with van der Waals surface area (Å²) in [6.07, 6.45) is 0.188. The fourth-order valence-corrected chi connectivity index (χ4v) is 5.12. The Morgan fingerprint density at radius 1 is 1.24 bits per heavy atom. The molecule has 0 atom stereocenters. The Bertz CT molecular complexity index is 882. The number of aryl methyl sites for hydroxylation is 1. The molecular formula is C18H21ClN4O5S. The second kappa shape index (κ2) is 7.58. The lowest BCUT2D eigenvalue weighted by atomic mass is 9.91. The first-order valence-corrected chi connectivity index (χ1v) is 10.5. The first-order valence-electron chi connectivity index (χ1n) is 9.32. The third kappa shape index (κ3) is 3.96. The molecule has 0 radical (unpaired) electrons. The third-order valence-corrected chi connectivity index (χ3v) is 6.77. The van der Waals surface area contributed by atoms with Crippen LogP contribution >= 0.6 is 22.9 Å². The second-order valence-corrected chi connectivity index (χ2v) is 9.23. The zero-order chi connectivity index (χ0) is 20.8. The number of rotatable bonds is 3. The Hall–Kier alpha value is -2.17. The van der Waals surface area contributed by atoms with Crippen LogP contribution in [0, 0.1) is 6.92 Å². The van der Waals surface area contributed by atoms with Gasteiger partial charge < -0.3 is 19.4 Å². The zero-order valence-corrected chi connectivity index (χ0v) is 17.5. The number of hydrogen-bond acceptors (Lipinski definition) is 6. The molecule has 0 aromatic carbocycles. The number of urea groups is 1. The van der Waals surface area contributed by atoms with Crippen molar-refractivity contribution in [3.05, 3.63) is 20.8 Å². The van der Waals surface area contributed by atoms with Gasteiger partial charge in [-0.3, -0.25) is 19.7 Å². The number of thiophene rings is 1. The van der Waals surface area contributed by atoms with E-state index in [9.17, 15) is 19.2 Å². The van der Waals surface area contributed by atoms with Gasteiger partial charge in [-0.1, -0.05) is 11.6 Å². The van der Waals surface area contributed by atoms with E-state index < -0.39 is 11.6 Å². The zero-order valence-electron chi connectivity index (χ0n) is 15.9. The number of hydrogen-bond donors (Lipinski definition) is 1. The van der Waals surface area contributed by atoms with Gasteiger partial charge in [0, 0.05) is 24.4 Å². The van der Waals surface area contributed by atoms with E-state index in [0.717, 1.165) is 4.88 Å². The van der Waals surface area contributed by atoms with Crippen LogP contribution < -0.4 is 5.32 Å². The SMILES string of the molecule is Cc1cc(Cl)c(C(=O)N2CC3(CN(C(=O)CN4CCC(=O)NC4=O)CCO3)C2)s1. The van der Waals surface area contributed by atoms with Crippen molar-refractivity contribution in [1.82, 2.24) is 20.0 Å². The Labute approximate surface area is 176 Å². The molecule has 1 spiro atoms. The predicted molar refractivity (Wildman–Crippen MR) is 105 cm³/mol. The molecule has 3 fully saturated rings. The first-order chi connectivity index (χ1) is 13.8. The minimum Gasteiger partial charge on any atom is -0.368 e. The average Bonchev–Trinajstić information content (AvgIpc) is 2.99. The maximum absolute atomic E-state index is 12.7. The monoisotopic (exact) mass is 440 g/mol. The van der Waals surface area contributed by atoms with Gasteiger partial charge in [0.2, 0.25) is 11.8 Å². The van der Waals surface area contributed by atoms with E-state index in [1.54, 1.807) is 15.9 Å². The summed E-state index contributed by atoms with van der Waals surface area (Å²) in [5.74, 6) is -0.649. The number of carbonyl (C=O) groups is 4. The van der Waals surface area contributed by atoms with Gasteiger partial charge in [-0.25, -0.2) is 4.79 Å². The van der Waals surface area contributed by atoms with Crippen LogP contribution in [0.15, 0.2) is 6.07 Å². The molecule has 3 saturated heterocycles. The molecule has 5 amide bonds. The Balaban J connectivity index is 1.34. The molecule has 3 aliphatic rings. The van der Waals surface area contributed by atoms with Crippen LogP contribution in [0.2, 0.25) is 5.02 Å². The van der Waals surface area contributed by atoms with Crippen LogP contribution in [0.3, 0.4) is 0 Å². The van der Waals surface area contributed by atoms with Gasteiger partial charge in [0.15, 0.2) is 0 Å². The first kappa shape index (κ1) is 20.1. The molecule has 9 nitrogen and oxygen atoms in total. The summed E-state index contributed by atoms with van der Waals surface area (Å²) in [6, 6.07) is 1.23. The highest BCUT2D eigenvalue weighted by Crippen LogP contribution is 2.34. The number of nitrogens with one attached hydrogen (secondary N) is 1. The van der Waals surface area contributed by atoms with Gasteiger partial charge >= 0.3 is 6.03 Å². The van der Waals surface area contributed by atoms with Crippen molar-refractivity contribution < 1.29 is 23.9 Å². The van der Waals surface area contributed by atoms with Gasteiger partial charge in [0.25, 0.3) is 5.91 Å². The second-order valence-electron chi connectivity index (χ2n) is 7.57. The number of imide groups is 1. The molecule has 11 heteroatoms. The summed E-state index contributed by atoms with van der Waals surface area (Å²) in [4.78, 5) is 54.6. The van der Waals surface area contributed by atoms with Crippen LogP contribution in [-0.4, -0.2) is 89.9 Å². The lowest BCUT2D eigenvalue weighted by Gasteiger charge is -2.53. The molecule has 1 N–H and O–H groups in total. The number of amides is 5. The topological polar surface area (TPSA) is 99.3 Å². The summed E-state index contributed by atoms with van der Waals surface area (Å²) in [5.41, 5.74) is -0.581. The molecule has 3 aliphatic heterocycles. The Kier molecular flexibility index (Phi) is 5.26. The van der Waals surface area contributed by atoms with Crippen molar-refractivity contribution in [3.8, 4) is 0 Å². The minimum absolute atomic E-state index is 0.0814. The molecule has 1 aromatic heterocycles. The molecule has 0 bridgehead atoms. The van der Waals surface area contributed by atoms with Crippen molar-refractivity contribution in [1.29, 1.82) is 0 Å². The van der Waals surface area contributed by atoms with E-state index in [4.69, 9.17) is 16.3 Å². The molecule has 4 rings (SSSR count). The summed E-state index contributed by atoms with van der Waals surface area (Å²) in [7, 11) is 0. The fraction of sp³-hybridized carbons (Fsp3) is 0.556. The predicted octanol–water partition coefficient (Wildman–Crippen LogP) is 0.705. The average molecular weight is 441 g/mol. The molecule has 0 aliphatic carbocycles. The van der Waals surface area contributed by atoms with Crippen LogP contribution in [0.5, 0.6) is 0 Å². The van der Waals surface area contributed by atoms with Gasteiger partial charge in [0.05, 0.1) is 31.3 Å². The van der Waals surface area contributed by atoms with Crippen LogP contribution in [0.1, 0.15) is 21.0 Å². The molecule has 4 heterocycles. The lowest BCUT2D eigenvalue weighted by Crippen LogP contribution is -2.71. The summed E-state index contributed by atoms with van der Waals surface area (Å²) >= 11 is 7.51. The minimum atomic E-state index is -0.581. The molecule has 0 saturated carbocycles. The van der Waals surface area contributed by atoms with Crippen LogP contribution in [0.25, 0.3) is 0 Å². The molecule has 29 heavy (non-hydrogen) atoms. The normalized spacial score (nSPS) is 21.2. The molecular weight excluding hydrogens is 420 g/mol. The van der Waals surface area contributed by atoms with E-state index >= 15 is 0 Å². The van der Waals surface area contributed by atoms with Gasteiger partial charge in [0.1, 0.15) is 17.0 Å². The number of halogens is 1. The van der Waals surface area contributed by atoms with E-state index in [1.807, 2.05) is 6.92 Å². The van der Waals surface area contributed by atoms with Gasteiger partial charge in [-0.05, 0) is 13.0 Å². The van der Waals surface area contributed by atoms with E-state index in [0.29, 0.717) is 42.7 Å².